The maximum Gasteiger partial charge on any atom is 0.407 e. The van der Waals surface area contributed by atoms with Crippen LogP contribution in [0.1, 0.15) is 50.2 Å². The van der Waals surface area contributed by atoms with E-state index in [-0.39, 0.29) is 41.7 Å². The Hall–Kier alpha value is -6.61. The molecule has 0 radical (unpaired) electrons. The van der Waals surface area contributed by atoms with Gasteiger partial charge in [0.05, 0.1) is 55.1 Å². The van der Waals surface area contributed by atoms with Crippen molar-refractivity contribution in [2.24, 2.45) is 0 Å². The number of sulfone groups is 1. The second-order valence-corrected chi connectivity index (χ2v) is 29.1. The molecule has 0 aliphatic carbocycles. The largest absolute Gasteiger partial charge is 0.497 e. The van der Waals surface area contributed by atoms with Gasteiger partial charge in [-0.15, -0.1) is 10.2 Å². The fourth-order valence-corrected chi connectivity index (χ4v) is 14.6. The van der Waals surface area contributed by atoms with E-state index >= 15 is 16.8 Å². The zero-order valence-electron chi connectivity index (χ0n) is 41.8. The topological polar surface area (TPSA) is 210 Å². The summed E-state index contributed by atoms with van der Waals surface area (Å²) in [6.45, 7) is 13.2. The molecule has 0 fully saturated rings. The Kier molecular flexibility index (Phi) is 15.7. The van der Waals surface area contributed by atoms with Gasteiger partial charge < -0.3 is 29.2 Å². The highest BCUT2D eigenvalue weighted by Crippen LogP contribution is 2.43. The summed E-state index contributed by atoms with van der Waals surface area (Å²) in [5, 5.41) is 16.6. The van der Waals surface area contributed by atoms with E-state index < -0.39 is 50.6 Å². The molecule has 0 unspecified atom stereocenters. The van der Waals surface area contributed by atoms with Crippen LogP contribution in [0, 0.1) is 0 Å². The molecule has 0 spiro atoms. The number of imidazole rings is 1. The van der Waals surface area contributed by atoms with E-state index in [2.05, 4.69) is 40.3 Å². The first-order valence-corrected chi connectivity index (χ1v) is 29.9. The Morgan fingerprint density at radius 3 is 1.87 bits per heavy atom. The number of benzene rings is 5. The summed E-state index contributed by atoms with van der Waals surface area (Å²) in [6.07, 6.45) is -0.276. The van der Waals surface area contributed by atoms with Crippen LogP contribution in [0.25, 0.3) is 33.5 Å². The van der Waals surface area contributed by atoms with E-state index in [1.165, 1.54) is 15.2 Å². The van der Waals surface area contributed by atoms with E-state index in [1.807, 2.05) is 25.1 Å². The number of sulfonamides is 1. The van der Waals surface area contributed by atoms with Gasteiger partial charge in [0.1, 0.15) is 33.6 Å². The van der Waals surface area contributed by atoms with Crippen LogP contribution in [0.3, 0.4) is 0 Å². The van der Waals surface area contributed by atoms with Crippen LogP contribution in [0.5, 0.6) is 17.2 Å². The number of aromatic amines is 1. The molecule has 0 saturated heterocycles. The average Bonchev–Trinajstić information content (AvgIpc) is 3.96. The first-order chi connectivity index (χ1) is 33.5. The van der Waals surface area contributed by atoms with Gasteiger partial charge in [-0.25, -0.2) is 26.6 Å². The Morgan fingerprint density at radius 2 is 1.34 bits per heavy atom. The summed E-state index contributed by atoms with van der Waals surface area (Å²) < 4.78 is 85.4. The highest BCUT2D eigenvalue weighted by atomic mass is 32.2. The van der Waals surface area contributed by atoms with Crippen molar-refractivity contribution < 1.29 is 40.6 Å². The van der Waals surface area contributed by atoms with Gasteiger partial charge in [0.25, 0.3) is 0 Å². The molecule has 0 aliphatic heterocycles. The summed E-state index contributed by atoms with van der Waals surface area (Å²) in [4.78, 5) is 21.5. The van der Waals surface area contributed by atoms with Crippen LogP contribution in [-0.2, 0) is 50.7 Å². The number of hydrogen-bond donors (Lipinski definition) is 2. The minimum absolute atomic E-state index is 0.0634. The quantitative estimate of drug-likeness (QED) is 0.0684. The van der Waals surface area contributed by atoms with Gasteiger partial charge in [0, 0.05) is 39.2 Å². The number of hydrogen-bond acceptors (Lipinski definition) is 13. The molecule has 17 nitrogen and oxygen atoms in total. The smallest absolute Gasteiger partial charge is 0.407 e. The van der Waals surface area contributed by atoms with E-state index in [0.29, 0.717) is 68.8 Å². The summed E-state index contributed by atoms with van der Waals surface area (Å²) in [7, 11) is -6.50. The molecule has 71 heavy (non-hydrogen) atoms. The van der Waals surface area contributed by atoms with Gasteiger partial charge in [-0.3, -0.25) is 0 Å². The van der Waals surface area contributed by atoms with E-state index in [4.69, 9.17) is 29.0 Å². The maximum absolute atomic E-state index is 16.2. The van der Waals surface area contributed by atoms with Crippen LogP contribution in [-0.4, -0.2) is 104 Å². The van der Waals surface area contributed by atoms with Gasteiger partial charge >= 0.3 is 6.09 Å². The predicted octanol–water partition coefficient (Wildman–Crippen LogP) is 8.92. The molecule has 2 heterocycles. The van der Waals surface area contributed by atoms with Gasteiger partial charge in [0.2, 0.25) is 15.8 Å². The van der Waals surface area contributed by atoms with Crippen LogP contribution in [0.4, 0.5) is 4.79 Å². The molecular formula is C51H62N8O9S2Si. The SMILES string of the molecule is COc1ccc(CN(Cc2ccc(OC)cc2)S(=O)(=O)c2c(S(=O)(=O)CC[Si](C)(C)C)ccc(-c3cccc4[nH]c(C[C@H](C)NC(=O)OC(C)(C)C)nc34)c2-c2nnn(Cc3ccc(OC)cc3)n2)cc1. The minimum Gasteiger partial charge on any atom is -0.497 e. The third-order valence-electron chi connectivity index (χ3n) is 11.5. The van der Waals surface area contributed by atoms with Gasteiger partial charge in [-0.1, -0.05) is 74.2 Å². The standard InChI is InChI=1S/C51H62N8O9S2Si/c1-34(52-50(60)68-51(2,3)4)30-45-53-43-13-11-12-42(47(43)54-45)41-26-27-44(69(61,62)28-29-71(8,9)10)48(46(41)49-55-57-59(56-49)33-37-18-24-40(67-7)25-19-37)70(63,64)58(31-35-14-20-38(65-5)21-15-35)32-36-16-22-39(66-6)23-17-36/h11-27,34H,28-33H2,1-10H3,(H,52,60)(H,53,54)/t34-/m0/s1. The number of carbonyl (C=O) groups excluding carboxylic acids is 1. The molecule has 20 heteroatoms. The third kappa shape index (κ3) is 13.0. The summed E-state index contributed by atoms with van der Waals surface area (Å²) in [5.41, 5.74) is 3.14. The number of para-hydroxylation sites is 1. The lowest BCUT2D eigenvalue weighted by atomic mass is 9.98. The average molecular weight is 1020 g/mol. The number of ether oxygens (including phenoxy) is 4. The van der Waals surface area contributed by atoms with Crippen LogP contribution >= 0.6 is 0 Å². The van der Waals surface area contributed by atoms with Crippen molar-refractivity contribution in [1.29, 1.82) is 0 Å². The molecule has 1 atom stereocenters. The number of H-pyrrole nitrogens is 1. The van der Waals surface area contributed by atoms with Crippen molar-refractivity contribution in [3.05, 3.63) is 126 Å². The van der Waals surface area contributed by atoms with Crippen molar-refractivity contribution in [1.82, 2.24) is 39.8 Å². The highest BCUT2D eigenvalue weighted by Gasteiger charge is 2.38. The molecule has 0 saturated carbocycles. The zero-order chi connectivity index (χ0) is 51.3. The molecule has 0 aliphatic rings. The number of methoxy groups -OCH3 is 3. The first-order valence-electron chi connectivity index (χ1n) is 23.1. The van der Waals surface area contributed by atoms with Gasteiger partial charge in [-0.2, -0.15) is 9.10 Å². The van der Waals surface area contributed by atoms with Crippen LogP contribution in [0.15, 0.2) is 113 Å². The van der Waals surface area contributed by atoms with Gasteiger partial charge in [0.15, 0.2) is 9.84 Å². The molecule has 5 aromatic carbocycles. The van der Waals surface area contributed by atoms with E-state index in [9.17, 15) is 4.79 Å². The highest BCUT2D eigenvalue weighted by molar-refractivity contribution is 7.93. The monoisotopic (exact) mass is 1020 g/mol. The molecule has 0 bridgehead atoms. The molecule has 7 aromatic rings. The molecule has 376 valence electrons. The Morgan fingerprint density at radius 1 is 0.775 bits per heavy atom. The second kappa shape index (κ2) is 21.4. The van der Waals surface area contributed by atoms with Crippen molar-refractivity contribution in [3.63, 3.8) is 0 Å². The molecule has 2 N–H and O–H groups in total. The summed E-state index contributed by atoms with van der Waals surface area (Å²) in [5.74, 6) is 1.95. The Labute approximate surface area is 416 Å². The van der Waals surface area contributed by atoms with Crippen molar-refractivity contribution in [3.8, 4) is 39.8 Å². The fraction of sp³-hybridized carbons (Fsp3) is 0.353. The maximum atomic E-state index is 16.2. The molecule has 7 rings (SSSR count). The number of rotatable bonds is 20. The number of nitrogens with zero attached hydrogens (tertiary/aromatic N) is 6. The summed E-state index contributed by atoms with van der Waals surface area (Å²) >= 11 is 0. The van der Waals surface area contributed by atoms with E-state index in [1.54, 1.807) is 121 Å². The lowest BCUT2D eigenvalue weighted by molar-refractivity contribution is 0.0508. The normalized spacial score (nSPS) is 12.8. The number of amides is 1. The predicted molar refractivity (Wildman–Crippen MR) is 276 cm³/mol. The third-order valence-corrected chi connectivity index (χ3v) is 17.4. The number of nitrogens with one attached hydrogen (secondary N) is 2. The van der Waals surface area contributed by atoms with Crippen molar-refractivity contribution >= 4 is 45.1 Å². The fourth-order valence-electron chi connectivity index (χ4n) is 7.84. The van der Waals surface area contributed by atoms with Crippen molar-refractivity contribution in [2.45, 2.75) is 101 Å². The number of aromatic nitrogens is 6. The van der Waals surface area contributed by atoms with Crippen molar-refractivity contribution in [2.75, 3.05) is 27.1 Å². The second-order valence-electron chi connectivity index (χ2n) is 19.5. The van der Waals surface area contributed by atoms with Crippen LogP contribution in [0.2, 0.25) is 25.7 Å². The van der Waals surface area contributed by atoms with E-state index in [0.717, 1.165) is 5.56 Å². The minimum atomic E-state index is -4.86. The number of fused-ring (bicyclic) bond motifs is 1. The first kappa shape index (κ1) is 52.2. The van der Waals surface area contributed by atoms with Gasteiger partial charge in [-0.05, 0) is 110 Å². The number of carbonyl (C=O) groups is 1. The summed E-state index contributed by atoms with van der Waals surface area (Å²) in [6, 6.07) is 29.7. The zero-order valence-corrected chi connectivity index (χ0v) is 44.4. The Balaban J connectivity index is 1.48. The molecule has 2 aromatic heterocycles. The Bertz CT molecular complexity index is 3150. The lowest BCUT2D eigenvalue weighted by Gasteiger charge is -2.26. The van der Waals surface area contributed by atoms with Crippen LogP contribution < -0.4 is 19.5 Å². The molecular weight excluding hydrogens is 961 g/mol. The number of alkyl carbamates (subject to hydrolysis) is 1. The number of tetrazole rings is 1. The molecule has 1 amide bonds. The lowest BCUT2D eigenvalue weighted by Crippen LogP contribution is -2.38.